The maximum Gasteiger partial charge on any atom is 0.362 e. The summed E-state index contributed by atoms with van der Waals surface area (Å²) < 4.78 is 6.24. The van der Waals surface area contributed by atoms with Crippen LogP contribution in [0.15, 0.2) is 48.5 Å². The Balaban J connectivity index is 2.40. The van der Waals surface area contributed by atoms with Crippen molar-refractivity contribution >= 4 is 17.8 Å². The van der Waals surface area contributed by atoms with Gasteiger partial charge in [-0.25, -0.2) is 0 Å². The Morgan fingerprint density at radius 3 is 1.70 bits per heavy atom. The van der Waals surface area contributed by atoms with E-state index in [1.54, 1.807) is 0 Å². The molecule has 0 atom stereocenters. The van der Waals surface area contributed by atoms with Gasteiger partial charge in [0.05, 0.1) is 0 Å². The second-order valence-electron chi connectivity index (χ2n) is 5.82. The van der Waals surface area contributed by atoms with Crippen LogP contribution in [0.2, 0.25) is 0 Å². The van der Waals surface area contributed by atoms with Crippen LogP contribution in [0.1, 0.15) is 25.0 Å². The molecule has 104 valence electrons. The topological polar surface area (TPSA) is 9.23 Å². The van der Waals surface area contributed by atoms with Crippen LogP contribution in [-0.4, -0.2) is 13.5 Å². The summed E-state index contributed by atoms with van der Waals surface area (Å²) in [5.41, 5.74) is 5.10. The van der Waals surface area contributed by atoms with E-state index < -0.39 is 0 Å². The molecule has 0 amide bonds. The van der Waals surface area contributed by atoms with E-state index in [1.807, 2.05) is 0 Å². The maximum absolute atomic E-state index is 6.24. The molecule has 0 aliphatic carbocycles. The van der Waals surface area contributed by atoms with Crippen LogP contribution in [0.5, 0.6) is 0 Å². The fraction of sp³-hybridized carbons (Fsp3) is 0.333. The van der Waals surface area contributed by atoms with Gasteiger partial charge in [0, 0.05) is 6.61 Å². The lowest BCUT2D eigenvalue weighted by atomic mass is 9.53. The van der Waals surface area contributed by atoms with Gasteiger partial charge in [-0.2, -0.15) is 0 Å². The predicted molar refractivity (Wildman–Crippen MR) is 88.2 cm³/mol. The first kappa shape index (κ1) is 14.9. The van der Waals surface area contributed by atoms with Crippen molar-refractivity contribution in [2.75, 3.05) is 6.61 Å². The summed E-state index contributed by atoms with van der Waals surface area (Å²) in [5, 5.41) is 0. The van der Waals surface area contributed by atoms with E-state index >= 15 is 0 Å². The van der Waals surface area contributed by atoms with Crippen LogP contribution in [0.25, 0.3) is 0 Å². The summed E-state index contributed by atoms with van der Waals surface area (Å²) in [6, 6.07) is 17.0. The Bertz CT molecular complexity index is 517. The molecule has 0 bridgehead atoms. The quantitative estimate of drug-likeness (QED) is 0.756. The summed E-state index contributed by atoms with van der Waals surface area (Å²) in [5.74, 6) is 0.533. The Morgan fingerprint density at radius 1 is 0.850 bits per heavy atom. The third-order valence-electron chi connectivity index (χ3n) is 3.54. The zero-order valence-corrected chi connectivity index (χ0v) is 12.9. The minimum absolute atomic E-state index is 0.0276. The molecule has 0 spiro atoms. The number of hydrogen-bond donors (Lipinski definition) is 0. The molecule has 0 fully saturated rings. The lowest BCUT2D eigenvalue weighted by Gasteiger charge is -2.20. The molecule has 0 aromatic heterocycles. The fourth-order valence-electron chi connectivity index (χ4n) is 2.40. The van der Waals surface area contributed by atoms with E-state index in [4.69, 9.17) is 4.65 Å². The molecule has 0 N–H and O–H groups in total. The van der Waals surface area contributed by atoms with Gasteiger partial charge in [0.2, 0.25) is 0 Å². The van der Waals surface area contributed by atoms with Gasteiger partial charge in [0.25, 0.3) is 0 Å². The Kier molecular flexibility index (Phi) is 5.02. The molecule has 0 aliphatic heterocycles. The van der Waals surface area contributed by atoms with E-state index in [2.05, 4.69) is 76.2 Å². The van der Waals surface area contributed by atoms with Crippen molar-refractivity contribution in [3.8, 4) is 0 Å². The molecule has 2 heteroatoms. The highest BCUT2D eigenvalue weighted by atomic mass is 16.4. The average Bonchev–Trinajstić information content (AvgIpc) is 2.42. The van der Waals surface area contributed by atoms with Crippen LogP contribution in [0.4, 0.5) is 0 Å². The van der Waals surface area contributed by atoms with Crippen LogP contribution in [0.3, 0.4) is 0 Å². The van der Waals surface area contributed by atoms with Crippen molar-refractivity contribution in [2.24, 2.45) is 5.92 Å². The molecule has 2 aromatic carbocycles. The first-order chi connectivity index (χ1) is 9.59. The number of hydrogen-bond acceptors (Lipinski definition) is 1. The highest BCUT2D eigenvalue weighted by molar-refractivity contribution is 6.80. The van der Waals surface area contributed by atoms with Crippen molar-refractivity contribution in [1.29, 1.82) is 0 Å². The van der Waals surface area contributed by atoms with Gasteiger partial charge in [-0.15, -0.1) is 0 Å². The van der Waals surface area contributed by atoms with Crippen LogP contribution >= 0.6 is 0 Å². The number of rotatable bonds is 5. The normalized spacial score (nSPS) is 10.8. The molecular weight excluding hydrogens is 243 g/mol. The first-order valence-corrected chi connectivity index (χ1v) is 7.32. The smallest absolute Gasteiger partial charge is 0.362 e. The monoisotopic (exact) mass is 266 g/mol. The van der Waals surface area contributed by atoms with Crippen molar-refractivity contribution in [1.82, 2.24) is 0 Å². The molecule has 0 unspecified atom stereocenters. The summed E-state index contributed by atoms with van der Waals surface area (Å²) >= 11 is 0. The average molecular weight is 266 g/mol. The lowest BCUT2D eigenvalue weighted by Crippen LogP contribution is -2.47. The second-order valence-corrected chi connectivity index (χ2v) is 5.82. The van der Waals surface area contributed by atoms with E-state index in [9.17, 15) is 0 Å². The van der Waals surface area contributed by atoms with Crippen LogP contribution in [-0.2, 0) is 4.65 Å². The Morgan fingerprint density at radius 2 is 1.30 bits per heavy atom. The molecule has 0 aliphatic rings. The molecule has 0 saturated carbocycles. The number of aryl methyl sites for hydroxylation is 2. The Labute approximate surface area is 123 Å². The largest absolute Gasteiger partial charge is 0.427 e. The maximum atomic E-state index is 6.24. The van der Waals surface area contributed by atoms with Crippen LogP contribution < -0.4 is 10.9 Å². The molecule has 2 aromatic rings. The molecule has 20 heavy (non-hydrogen) atoms. The summed E-state index contributed by atoms with van der Waals surface area (Å²) in [6.07, 6.45) is 0. The van der Waals surface area contributed by atoms with Crippen molar-refractivity contribution < 1.29 is 4.65 Å². The minimum Gasteiger partial charge on any atom is -0.427 e. The zero-order chi connectivity index (χ0) is 14.5. The molecule has 0 radical (unpaired) electrons. The van der Waals surface area contributed by atoms with E-state index in [-0.39, 0.29) is 6.92 Å². The molecule has 2 rings (SSSR count). The highest BCUT2D eigenvalue weighted by Crippen LogP contribution is 2.04. The first-order valence-electron chi connectivity index (χ1n) is 7.32. The third kappa shape index (κ3) is 3.52. The minimum atomic E-state index is 0.0276. The predicted octanol–water partition coefficient (Wildman–Crippen LogP) is 3.08. The standard InChI is InChI=1S/C18H23BO/c1-14(2)13-20-19(17-11-7-5-9-15(17)3)18-12-8-6-10-16(18)4/h5-12,14H,13H2,1-4H3. The van der Waals surface area contributed by atoms with Gasteiger partial charge in [0.15, 0.2) is 0 Å². The molecule has 0 heterocycles. The molecule has 1 nitrogen and oxygen atoms in total. The summed E-state index contributed by atoms with van der Waals surface area (Å²) in [6.45, 7) is 9.48. The third-order valence-corrected chi connectivity index (χ3v) is 3.54. The van der Waals surface area contributed by atoms with Crippen LogP contribution in [0, 0.1) is 19.8 Å². The van der Waals surface area contributed by atoms with Gasteiger partial charge in [0.1, 0.15) is 0 Å². The Hall–Kier alpha value is -1.54. The van der Waals surface area contributed by atoms with E-state index in [0.717, 1.165) is 6.61 Å². The highest BCUT2D eigenvalue weighted by Gasteiger charge is 2.24. The summed E-state index contributed by atoms with van der Waals surface area (Å²) in [4.78, 5) is 0. The SMILES string of the molecule is Cc1ccccc1B(OCC(C)C)c1ccccc1C. The van der Waals surface area contributed by atoms with E-state index in [1.165, 1.54) is 22.1 Å². The number of benzene rings is 2. The van der Waals surface area contributed by atoms with Gasteiger partial charge in [-0.3, -0.25) is 0 Å². The van der Waals surface area contributed by atoms with Crippen molar-refractivity contribution in [2.45, 2.75) is 27.7 Å². The second kappa shape index (κ2) is 6.76. The fourth-order valence-corrected chi connectivity index (χ4v) is 2.40. The van der Waals surface area contributed by atoms with Gasteiger partial charge < -0.3 is 4.65 Å². The van der Waals surface area contributed by atoms with Gasteiger partial charge >= 0.3 is 6.92 Å². The van der Waals surface area contributed by atoms with Gasteiger partial charge in [-0.05, 0) is 30.7 Å². The lowest BCUT2D eigenvalue weighted by molar-refractivity contribution is 0.282. The van der Waals surface area contributed by atoms with Gasteiger partial charge in [-0.1, -0.05) is 73.5 Å². The molecule has 0 saturated heterocycles. The zero-order valence-electron chi connectivity index (χ0n) is 12.9. The van der Waals surface area contributed by atoms with Crippen molar-refractivity contribution in [3.05, 3.63) is 59.7 Å². The summed E-state index contributed by atoms with van der Waals surface area (Å²) in [7, 11) is 0. The van der Waals surface area contributed by atoms with E-state index in [0.29, 0.717) is 5.92 Å². The van der Waals surface area contributed by atoms with Crippen molar-refractivity contribution in [3.63, 3.8) is 0 Å². The molecular formula is C18H23BO.